The first-order valence-electron chi connectivity index (χ1n) is 6.12. The quantitative estimate of drug-likeness (QED) is 0.909. The Kier molecular flexibility index (Phi) is 3.69. The molecule has 2 rings (SSSR count). The molecule has 0 spiro atoms. The molecule has 0 saturated heterocycles. The molecule has 102 valence electrons. The van der Waals surface area contributed by atoms with Gasteiger partial charge in [-0.1, -0.05) is 0 Å². The van der Waals surface area contributed by atoms with Gasteiger partial charge < -0.3 is 14.5 Å². The molecule has 0 aliphatic heterocycles. The number of amides is 1. The van der Waals surface area contributed by atoms with E-state index in [-0.39, 0.29) is 18.6 Å². The number of hydrogen-bond acceptors (Lipinski definition) is 5. The molecule has 0 aliphatic carbocycles. The molecule has 0 unspecified atom stereocenters. The van der Waals surface area contributed by atoms with Gasteiger partial charge in [0.25, 0.3) is 5.91 Å². The predicted molar refractivity (Wildman–Crippen MR) is 70.1 cm³/mol. The molecule has 2 aromatic heterocycles. The van der Waals surface area contributed by atoms with E-state index in [9.17, 15) is 4.79 Å². The second-order valence-electron chi connectivity index (χ2n) is 4.65. The van der Waals surface area contributed by atoms with Crippen LogP contribution in [0.5, 0.6) is 5.88 Å². The normalized spacial score (nSPS) is 11.0. The zero-order valence-electron chi connectivity index (χ0n) is 11.5. The van der Waals surface area contributed by atoms with Crippen molar-refractivity contribution in [3.8, 4) is 5.88 Å². The maximum atomic E-state index is 11.6. The zero-order chi connectivity index (χ0) is 14.0. The molecule has 0 bridgehead atoms. The standard InChI is InChI=1S/C13H17N3O3/c1-7(2)16-10(17)5-18-12-11-8(3)9(4)19-13(11)15-6-14-12/h6-7H,5H2,1-4H3,(H,16,17). The van der Waals surface area contributed by atoms with Crippen molar-refractivity contribution in [2.75, 3.05) is 6.61 Å². The molecular weight excluding hydrogens is 246 g/mol. The van der Waals surface area contributed by atoms with E-state index in [1.54, 1.807) is 0 Å². The molecule has 0 aliphatic rings. The molecule has 19 heavy (non-hydrogen) atoms. The lowest BCUT2D eigenvalue weighted by molar-refractivity contribution is -0.123. The molecule has 2 heterocycles. The first-order chi connectivity index (χ1) is 8.99. The number of rotatable bonds is 4. The number of carbonyl (C=O) groups excluding carboxylic acids is 1. The summed E-state index contributed by atoms with van der Waals surface area (Å²) in [6.45, 7) is 7.47. The van der Waals surface area contributed by atoms with E-state index in [0.717, 1.165) is 16.7 Å². The van der Waals surface area contributed by atoms with Crippen LogP contribution in [0.3, 0.4) is 0 Å². The van der Waals surface area contributed by atoms with Crippen molar-refractivity contribution in [2.24, 2.45) is 0 Å². The number of nitrogens with one attached hydrogen (secondary N) is 1. The van der Waals surface area contributed by atoms with Crippen LogP contribution >= 0.6 is 0 Å². The molecule has 0 atom stereocenters. The maximum Gasteiger partial charge on any atom is 0.258 e. The molecule has 1 amide bonds. The van der Waals surface area contributed by atoms with E-state index in [4.69, 9.17) is 9.15 Å². The highest BCUT2D eigenvalue weighted by Crippen LogP contribution is 2.29. The maximum absolute atomic E-state index is 11.6. The van der Waals surface area contributed by atoms with E-state index >= 15 is 0 Å². The van der Waals surface area contributed by atoms with Gasteiger partial charge >= 0.3 is 0 Å². The molecule has 6 nitrogen and oxygen atoms in total. The largest absolute Gasteiger partial charge is 0.467 e. The average molecular weight is 263 g/mol. The van der Waals surface area contributed by atoms with Gasteiger partial charge in [-0.25, -0.2) is 9.97 Å². The Hall–Kier alpha value is -2.11. The van der Waals surface area contributed by atoms with E-state index in [0.29, 0.717) is 11.6 Å². The van der Waals surface area contributed by atoms with Crippen molar-refractivity contribution in [1.82, 2.24) is 15.3 Å². The molecule has 6 heteroatoms. The van der Waals surface area contributed by atoms with Crippen LogP contribution in [0, 0.1) is 13.8 Å². The van der Waals surface area contributed by atoms with Crippen LogP contribution in [0.4, 0.5) is 0 Å². The van der Waals surface area contributed by atoms with Crippen molar-refractivity contribution < 1.29 is 13.9 Å². The summed E-state index contributed by atoms with van der Waals surface area (Å²) in [5, 5.41) is 3.47. The van der Waals surface area contributed by atoms with Crippen LogP contribution in [0.25, 0.3) is 11.1 Å². The van der Waals surface area contributed by atoms with Gasteiger partial charge in [-0.3, -0.25) is 4.79 Å². The number of aryl methyl sites for hydroxylation is 2. The van der Waals surface area contributed by atoms with Gasteiger partial charge in [-0.15, -0.1) is 0 Å². The molecule has 0 saturated carbocycles. The van der Waals surface area contributed by atoms with Crippen molar-refractivity contribution in [3.05, 3.63) is 17.7 Å². The lowest BCUT2D eigenvalue weighted by Gasteiger charge is -2.09. The highest BCUT2D eigenvalue weighted by Gasteiger charge is 2.15. The first-order valence-corrected chi connectivity index (χ1v) is 6.12. The van der Waals surface area contributed by atoms with Crippen molar-refractivity contribution >= 4 is 17.0 Å². The Labute approximate surface area is 111 Å². The van der Waals surface area contributed by atoms with Crippen LogP contribution < -0.4 is 10.1 Å². The molecule has 0 aromatic carbocycles. The lowest BCUT2D eigenvalue weighted by Crippen LogP contribution is -2.34. The monoisotopic (exact) mass is 263 g/mol. The minimum atomic E-state index is -0.181. The number of furan rings is 1. The Morgan fingerprint density at radius 3 is 2.84 bits per heavy atom. The van der Waals surface area contributed by atoms with Gasteiger partial charge in [-0.2, -0.15) is 0 Å². The van der Waals surface area contributed by atoms with E-state index in [2.05, 4.69) is 15.3 Å². The fourth-order valence-electron chi connectivity index (χ4n) is 1.76. The molecule has 2 aromatic rings. The number of aromatic nitrogens is 2. The van der Waals surface area contributed by atoms with Crippen molar-refractivity contribution in [1.29, 1.82) is 0 Å². The number of nitrogens with zero attached hydrogens (tertiary/aromatic N) is 2. The number of carbonyl (C=O) groups is 1. The van der Waals surface area contributed by atoms with Crippen LogP contribution in [0.15, 0.2) is 10.7 Å². The van der Waals surface area contributed by atoms with Gasteiger partial charge in [0.2, 0.25) is 11.6 Å². The Morgan fingerprint density at radius 2 is 2.16 bits per heavy atom. The third-order valence-corrected chi connectivity index (χ3v) is 2.72. The second-order valence-corrected chi connectivity index (χ2v) is 4.65. The highest BCUT2D eigenvalue weighted by atomic mass is 16.5. The van der Waals surface area contributed by atoms with Crippen LogP contribution in [0.2, 0.25) is 0 Å². The summed E-state index contributed by atoms with van der Waals surface area (Å²) in [6, 6.07) is 0.0828. The van der Waals surface area contributed by atoms with Gasteiger partial charge in [0.15, 0.2) is 6.61 Å². The Bertz CT molecular complexity index is 604. The summed E-state index contributed by atoms with van der Waals surface area (Å²) in [4.78, 5) is 19.6. The predicted octanol–water partition coefficient (Wildman–Crippen LogP) is 1.74. The molecule has 1 N–H and O–H groups in total. The third kappa shape index (κ3) is 2.83. The van der Waals surface area contributed by atoms with Gasteiger partial charge in [0.05, 0.1) is 0 Å². The topological polar surface area (TPSA) is 77.2 Å². The van der Waals surface area contributed by atoms with E-state index in [1.165, 1.54) is 6.33 Å². The minimum Gasteiger partial charge on any atom is -0.467 e. The smallest absolute Gasteiger partial charge is 0.258 e. The fourth-order valence-corrected chi connectivity index (χ4v) is 1.76. The van der Waals surface area contributed by atoms with Crippen molar-refractivity contribution in [3.63, 3.8) is 0 Å². The summed E-state index contributed by atoms with van der Waals surface area (Å²) < 4.78 is 10.9. The zero-order valence-corrected chi connectivity index (χ0v) is 11.5. The van der Waals surface area contributed by atoms with Crippen LogP contribution in [-0.2, 0) is 4.79 Å². The van der Waals surface area contributed by atoms with Gasteiger partial charge in [-0.05, 0) is 27.7 Å². The molecular formula is C13H17N3O3. The third-order valence-electron chi connectivity index (χ3n) is 2.72. The summed E-state index contributed by atoms with van der Waals surface area (Å²) >= 11 is 0. The second kappa shape index (κ2) is 5.26. The molecule has 0 radical (unpaired) electrons. The van der Waals surface area contributed by atoms with E-state index < -0.39 is 0 Å². The summed E-state index contributed by atoms with van der Waals surface area (Å²) in [5.74, 6) is 0.963. The van der Waals surface area contributed by atoms with Gasteiger partial charge in [0.1, 0.15) is 17.5 Å². The number of hydrogen-bond donors (Lipinski definition) is 1. The first kappa shape index (κ1) is 13.3. The highest BCUT2D eigenvalue weighted by molar-refractivity contribution is 5.84. The molecule has 0 fully saturated rings. The average Bonchev–Trinajstić information content (AvgIpc) is 2.62. The van der Waals surface area contributed by atoms with Crippen LogP contribution in [0.1, 0.15) is 25.2 Å². The number of ether oxygens (including phenoxy) is 1. The SMILES string of the molecule is Cc1oc2ncnc(OCC(=O)NC(C)C)c2c1C. The van der Waals surface area contributed by atoms with E-state index in [1.807, 2.05) is 27.7 Å². The fraction of sp³-hybridized carbons (Fsp3) is 0.462. The van der Waals surface area contributed by atoms with Crippen molar-refractivity contribution in [2.45, 2.75) is 33.7 Å². The Balaban J connectivity index is 2.19. The lowest BCUT2D eigenvalue weighted by atomic mass is 10.2. The minimum absolute atomic E-state index is 0.0754. The number of fused-ring (bicyclic) bond motifs is 1. The Morgan fingerprint density at radius 1 is 1.42 bits per heavy atom. The summed E-state index contributed by atoms with van der Waals surface area (Å²) in [6.07, 6.45) is 1.36. The van der Waals surface area contributed by atoms with Gasteiger partial charge in [0, 0.05) is 11.6 Å². The van der Waals surface area contributed by atoms with Crippen LogP contribution in [-0.4, -0.2) is 28.5 Å². The summed E-state index contributed by atoms with van der Waals surface area (Å²) in [7, 11) is 0. The summed E-state index contributed by atoms with van der Waals surface area (Å²) in [5.41, 5.74) is 1.40.